The minimum absolute atomic E-state index is 0. The monoisotopic (exact) mass is 699 g/mol. The van der Waals surface area contributed by atoms with Crippen molar-refractivity contribution in [2.75, 3.05) is 13.7 Å². The molecule has 4 atom stereocenters. The molecule has 3 aromatic heterocycles. The summed E-state index contributed by atoms with van der Waals surface area (Å²) in [4.78, 5) is 41.7. The van der Waals surface area contributed by atoms with Crippen LogP contribution in [0.5, 0.6) is 0 Å². The third-order valence-electron chi connectivity index (χ3n) is 11.0. The molecule has 10 heteroatoms. The number of esters is 2. The maximum Gasteiger partial charge on any atom is 2.00 e. The summed E-state index contributed by atoms with van der Waals surface area (Å²) >= 11 is 0. The molecule has 2 N–H and O–H groups in total. The first-order chi connectivity index (χ1) is 23.9. The van der Waals surface area contributed by atoms with Crippen LogP contribution in [0.4, 0.5) is 0 Å². The van der Waals surface area contributed by atoms with E-state index in [2.05, 4.69) is 45.7 Å². The minimum atomic E-state index is -1.03. The van der Waals surface area contributed by atoms with Crippen LogP contribution in [0.1, 0.15) is 91.9 Å². The summed E-state index contributed by atoms with van der Waals surface area (Å²) < 4.78 is 10.8. The van der Waals surface area contributed by atoms with Gasteiger partial charge in [-0.1, -0.05) is 79.5 Å². The molecule has 1 fully saturated rings. The molecule has 264 valence electrons. The van der Waals surface area contributed by atoms with Crippen LogP contribution in [0.3, 0.4) is 0 Å². The van der Waals surface area contributed by atoms with Crippen LogP contribution >= 0.6 is 0 Å². The Kier molecular flexibility index (Phi) is 11.4. The molecular weight excluding hydrogens is 653 g/mol. The number of hydrogen-bond donors (Lipinski definition) is 2. The van der Waals surface area contributed by atoms with Gasteiger partial charge in [0.15, 0.2) is 0 Å². The van der Waals surface area contributed by atoms with Crippen molar-refractivity contribution < 1.29 is 24.2 Å². The number of ether oxygens (including phenoxy) is 2. The molecule has 0 aromatic carbocycles. The number of nitrogens with zero attached hydrogens (tertiary/aromatic N) is 3. The Bertz CT molecular complexity index is 2210. The molecule has 5 heterocycles. The Labute approximate surface area is 315 Å². The fourth-order valence-electron chi connectivity index (χ4n) is 7.81. The van der Waals surface area contributed by atoms with Gasteiger partial charge in [-0.2, -0.15) is 0 Å². The van der Waals surface area contributed by atoms with E-state index in [9.17, 15) is 14.7 Å². The minimum Gasteiger partial charge on any atom is -0.657 e. The van der Waals surface area contributed by atoms with E-state index in [0.29, 0.717) is 28.3 Å². The van der Waals surface area contributed by atoms with Crippen molar-refractivity contribution in [3.8, 4) is 0 Å². The molecule has 1 saturated heterocycles. The first-order valence-corrected chi connectivity index (χ1v) is 17.6. The summed E-state index contributed by atoms with van der Waals surface area (Å²) in [7, 11) is 1.33. The Morgan fingerprint density at radius 2 is 1.71 bits per heavy atom. The van der Waals surface area contributed by atoms with E-state index in [-0.39, 0.29) is 59.6 Å². The molecule has 6 rings (SSSR count). The quantitative estimate of drug-likeness (QED) is 0.197. The molecule has 51 heavy (non-hydrogen) atoms. The topological polar surface area (TPSA) is 127 Å². The van der Waals surface area contributed by atoms with Gasteiger partial charge < -0.3 is 34.8 Å². The zero-order valence-electron chi connectivity index (χ0n) is 31.1. The van der Waals surface area contributed by atoms with Crippen molar-refractivity contribution in [2.45, 2.75) is 80.2 Å². The maximum absolute atomic E-state index is 13.5. The number of allylic oxidation sites excluding steroid dienone is 2. The van der Waals surface area contributed by atoms with Gasteiger partial charge in [-0.15, -0.1) is 33.1 Å². The Morgan fingerprint density at radius 1 is 1.00 bits per heavy atom. The van der Waals surface area contributed by atoms with Gasteiger partial charge in [0.1, 0.15) is 18.3 Å². The van der Waals surface area contributed by atoms with Gasteiger partial charge in [-0.05, 0) is 70.1 Å². The zero-order valence-corrected chi connectivity index (χ0v) is 32.5. The van der Waals surface area contributed by atoms with Crippen molar-refractivity contribution in [1.29, 1.82) is 0 Å². The average molecular weight is 700 g/mol. The van der Waals surface area contributed by atoms with E-state index >= 15 is 0 Å². The van der Waals surface area contributed by atoms with Crippen molar-refractivity contribution in [3.63, 3.8) is 0 Å². The Hall–Kier alpha value is -4.15. The number of hydrogen-bond acceptors (Lipinski definition) is 6. The molecule has 0 saturated carbocycles. The van der Waals surface area contributed by atoms with Gasteiger partial charge in [0, 0.05) is 23.3 Å². The number of aromatic nitrogens is 3. The summed E-state index contributed by atoms with van der Waals surface area (Å²) in [5.41, 5.74) is 9.90. The fraction of sp³-hybridized carbons (Fsp3) is 0.415. The van der Waals surface area contributed by atoms with Gasteiger partial charge in [0.25, 0.3) is 0 Å². The third kappa shape index (κ3) is 6.68. The summed E-state index contributed by atoms with van der Waals surface area (Å²) in [5, 5.41) is 18.3. The molecule has 3 aromatic rings. The fourth-order valence-corrected chi connectivity index (χ4v) is 7.81. The van der Waals surface area contributed by atoms with Crippen LogP contribution < -0.4 is 41.5 Å². The van der Waals surface area contributed by atoms with Crippen LogP contribution in [-0.4, -0.2) is 59.9 Å². The number of nitrogens with one attached hydrogen (secondary N) is 1. The van der Waals surface area contributed by atoms with E-state index in [1.54, 1.807) is 0 Å². The summed E-state index contributed by atoms with van der Waals surface area (Å²) in [6.07, 6.45) is 12.2. The first-order valence-electron chi connectivity index (χ1n) is 17.6. The van der Waals surface area contributed by atoms with Crippen molar-refractivity contribution in [3.05, 3.63) is 90.1 Å². The Morgan fingerprint density at radius 3 is 2.37 bits per heavy atom. The molecule has 3 aliphatic rings. The molecule has 8 bridgehead atoms. The SMILES string of the molecule is C=Cc1c2[n-]c(c1C)/C=C1\NC(C3=c4[n-]c(c(C)c4=C(O)[C@@H]3C(=O)OC)/C=c3\[n-]/c(c(C)c3CC)=C\2)[C@@H](CCC(=O)OC/C=C(\C)CC)[C@@H]1C.[Mg+2]. The van der Waals surface area contributed by atoms with Crippen LogP contribution in [0.15, 0.2) is 23.9 Å². The van der Waals surface area contributed by atoms with Crippen LogP contribution in [0.2, 0.25) is 0 Å². The second kappa shape index (κ2) is 15.2. The normalized spacial score (nSPS) is 22.9. The van der Waals surface area contributed by atoms with Gasteiger partial charge in [0.2, 0.25) is 0 Å². The summed E-state index contributed by atoms with van der Waals surface area (Å²) in [5.74, 6) is -2.15. The number of aliphatic hydroxyl groups is 1. The predicted molar refractivity (Wildman–Crippen MR) is 201 cm³/mol. The van der Waals surface area contributed by atoms with Gasteiger partial charge in [-0.25, -0.2) is 0 Å². The van der Waals surface area contributed by atoms with Crippen LogP contribution in [0, 0.1) is 38.5 Å². The second-order valence-electron chi connectivity index (χ2n) is 13.7. The van der Waals surface area contributed by atoms with Crippen LogP contribution in [0.25, 0.3) is 35.6 Å². The van der Waals surface area contributed by atoms with Crippen molar-refractivity contribution >= 4 is 70.6 Å². The van der Waals surface area contributed by atoms with Gasteiger partial charge in [0.05, 0.1) is 13.2 Å². The molecular formula is C41H47MgN4O5-. The molecule has 0 amide bonds. The third-order valence-corrected chi connectivity index (χ3v) is 11.0. The molecule has 1 unspecified atom stereocenters. The van der Waals surface area contributed by atoms with Crippen molar-refractivity contribution in [1.82, 2.24) is 20.3 Å². The van der Waals surface area contributed by atoms with E-state index in [4.69, 9.17) is 24.4 Å². The number of carbonyl (C=O) groups excluding carboxylic acids is 2. The van der Waals surface area contributed by atoms with Crippen molar-refractivity contribution in [2.24, 2.45) is 17.8 Å². The molecule has 0 radical (unpaired) electrons. The first kappa shape index (κ1) is 38.1. The standard InChI is InChI=1S/C41H47N4O5.Mg/c1-10-20(4)15-16-50-34(46)14-13-27-23(7)30-17-28-21(5)25(11-2)32(42-28)18-29-22(6)26(12-3)33(43-29)19-31-24(8)35-39(45-31)36(38(27)44-30)37(40(35)47)41(48)49-9;/h11,15,17-19,23,27,37-38,44,47H,2,10,12-14,16H2,1,3-9H3;/q-3;+2/b20-15+,29-18-,30-17-,33-19-;/t23-,27-,37+,38?;/m0./s1. The predicted octanol–water partition coefficient (Wildman–Crippen LogP) is 2.84. The van der Waals surface area contributed by atoms with Gasteiger partial charge >= 0.3 is 35.0 Å². The van der Waals surface area contributed by atoms with Crippen LogP contribution in [-0.2, 0) is 25.5 Å². The number of rotatable bonds is 9. The molecule has 2 aliphatic heterocycles. The largest absolute Gasteiger partial charge is 2.00 e. The molecule has 0 spiro atoms. The maximum atomic E-state index is 13.5. The number of aliphatic hydroxyl groups excluding tert-OH is 1. The van der Waals surface area contributed by atoms with E-state index < -0.39 is 17.9 Å². The van der Waals surface area contributed by atoms with Gasteiger partial charge in [-0.3, -0.25) is 9.59 Å². The number of fused-ring (bicyclic) bond motifs is 8. The molecule has 1 aliphatic carbocycles. The number of methoxy groups -OCH3 is 1. The van der Waals surface area contributed by atoms with E-state index in [1.807, 2.05) is 45.1 Å². The summed E-state index contributed by atoms with van der Waals surface area (Å²) in [6.45, 7) is 18.7. The zero-order chi connectivity index (χ0) is 36.0. The smallest absolute Gasteiger partial charge is 0.657 e. The average Bonchev–Trinajstić information content (AvgIpc) is 3.84. The van der Waals surface area contributed by atoms with E-state index in [1.165, 1.54) is 7.11 Å². The van der Waals surface area contributed by atoms with E-state index in [0.717, 1.165) is 74.0 Å². The number of carbonyl (C=O) groups is 2. The Balaban J connectivity index is 0.00000504. The second-order valence-corrected chi connectivity index (χ2v) is 13.7. The summed E-state index contributed by atoms with van der Waals surface area (Å²) in [6, 6.07) is -0.439. The molecule has 9 nitrogen and oxygen atoms in total.